The van der Waals surface area contributed by atoms with Crippen molar-refractivity contribution in [2.45, 2.75) is 64.7 Å². The average molecular weight is 471 g/mol. The molecule has 4 atom stereocenters. The van der Waals surface area contributed by atoms with E-state index in [2.05, 4.69) is 38.5 Å². The van der Waals surface area contributed by atoms with Crippen LogP contribution in [0.5, 0.6) is 0 Å². The number of rotatable bonds is 13. The van der Waals surface area contributed by atoms with Crippen molar-refractivity contribution in [3.63, 3.8) is 0 Å². The number of H-pyrrole nitrogens is 1. The van der Waals surface area contributed by atoms with Crippen molar-refractivity contribution in [2.24, 2.45) is 17.6 Å². The number of aromatic nitrogens is 2. The van der Waals surface area contributed by atoms with Crippen LogP contribution in [0, 0.1) is 11.8 Å². The molecule has 4 unspecified atom stereocenters. The van der Waals surface area contributed by atoms with Gasteiger partial charge < -0.3 is 31.8 Å². The maximum Gasteiger partial charge on any atom is 0.326 e. The van der Waals surface area contributed by atoms with E-state index < -0.39 is 47.9 Å². The fraction of sp³-hybridized carbons (Fsp3) is 0.650. The molecule has 0 saturated carbocycles. The predicted octanol–water partition coefficient (Wildman–Crippen LogP) is -0.550. The van der Waals surface area contributed by atoms with Crippen molar-refractivity contribution in [2.75, 3.05) is 5.75 Å². The number of hydrogen-bond donors (Lipinski definition) is 7. The van der Waals surface area contributed by atoms with Gasteiger partial charge in [-0.2, -0.15) is 12.6 Å². The molecule has 1 aromatic rings. The van der Waals surface area contributed by atoms with Crippen LogP contribution < -0.4 is 21.7 Å². The van der Waals surface area contributed by atoms with Gasteiger partial charge in [0.25, 0.3) is 0 Å². The van der Waals surface area contributed by atoms with Crippen LogP contribution in [0.3, 0.4) is 0 Å². The second-order valence-electron chi connectivity index (χ2n) is 8.39. The molecular formula is C20H34N6O5S. The first-order valence-corrected chi connectivity index (χ1v) is 11.1. The molecular weight excluding hydrogens is 436 g/mol. The summed E-state index contributed by atoms with van der Waals surface area (Å²) in [6.07, 6.45) is 3.30. The van der Waals surface area contributed by atoms with Crippen molar-refractivity contribution in [1.82, 2.24) is 25.9 Å². The number of thiol groups is 1. The molecule has 0 aliphatic rings. The van der Waals surface area contributed by atoms with Gasteiger partial charge in [-0.05, 0) is 18.3 Å². The van der Waals surface area contributed by atoms with E-state index in [4.69, 9.17) is 5.73 Å². The average Bonchev–Trinajstić information content (AvgIpc) is 3.22. The maximum absolute atomic E-state index is 13.0. The molecule has 180 valence electrons. The fourth-order valence-electron chi connectivity index (χ4n) is 2.93. The standard InChI is InChI=1S/C20H34N6O5S/c1-10(2)5-15(20(30)31)25-19(29)16(11(3)4)26-18(28)14(6-12-7-22-9-23-12)24-17(27)13(21)8-32/h7,9-11,13-16,32H,5-6,8,21H2,1-4H3,(H,22,23)(H,24,27)(H,25,29)(H,26,28)(H,30,31). The molecule has 1 heterocycles. The number of imidazole rings is 1. The van der Waals surface area contributed by atoms with Gasteiger partial charge in [-0.15, -0.1) is 0 Å². The highest BCUT2D eigenvalue weighted by Crippen LogP contribution is 2.09. The maximum atomic E-state index is 13.0. The Balaban J connectivity index is 2.99. The Bertz CT molecular complexity index is 771. The molecule has 12 heteroatoms. The smallest absolute Gasteiger partial charge is 0.326 e. The van der Waals surface area contributed by atoms with E-state index in [1.807, 2.05) is 13.8 Å². The van der Waals surface area contributed by atoms with Crippen LogP contribution in [-0.2, 0) is 25.6 Å². The molecule has 1 rings (SSSR count). The Hall–Kier alpha value is -2.60. The number of carboxylic acids is 1. The van der Waals surface area contributed by atoms with Gasteiger partial charge in [0.15, 0.2) is 0 Å². The highest BCUT2D eigenvalue weighted by Gasteiger charge is 2.32. The number of aromatic amines is 1. The van der Waals surface area contributed by atoms with Crippen LogP contribution >= 0.6 is 12.6 Å². The Labute approximate surface area is 193 Å². The van der Waals surface area contributed by atoms with Crippen LogP contribution in [0.4, 0.5) is 0 Å². The Morgan fingerprint density at radius 2 is 1.69 bits per heavy atom. The lowest BCUT2D eigenvalue weighted by molar-refractivity contribution is -0.143. The zero-order valence-electron chi connectivity index (χ0n) is 18.8. The van der Waals surface area contributed by atoms with Gasteiger partial charge in [-0.25, -0.2) is 9.78 Å². The highest BCUT2D eigenvalue weighted by atomic mass is 32.1. The minimum absolute atomic E-state index is 0.0496. The first-order valence-electron chi connectivity index (χ1n) is 10.4. The third-order valence-electron chi connectivity index (χ3n) is 4.71. The van der Waals surface area contributed by atoms with E-state index in [0.29, 0.717) is 5.69 Å². The molecule has 7 N–H and O–H groups in total. The molecule has 1 aromatic heterocycles. The Morgan fingerprint density at radius 1 is 1.06 bits per heavy atom. The SMILES string of the molecule is CC(C)CC(NC(=O)C(NC(=O)C(Cc1cnc[nH]1)NC(=O)C(N)CS)C(C)C)C(=O)O. The van der Waals surface area contributed by atoms with E-state index in [-0.39, 0.29) is 30.4 Å². The molecule has 11 nitrogen and oxygen atoms in total. The van der Waals surface area contributed by atoms with E-state index in [1.165, 1.54) is 12.5 Å². The summed E-state index contributed by atoms with van der Waals surface area (Å²) in [5, 5.41) is 17.1. The zero-order valence-corrected chi connectivity index (χ0v) is 19.7. The molecule has 0 aliphatic carbocycles. The van der Waals surface area contributed by atoms with Gasteiger partial charge in [0.05, 0.1) is 12.4 Å². The molecule has 0 saturated heterocycles. The number of aliphatic carboxylic acids is 1. The van der Waals surface area contributed by atoms with Crippen LogP contribution in [0.15, 0.2) is 12.5 Å². The molecule has 0 aromatic carbocycles. The third kappa shape index (κ3) is 8.87. The van der Waals surface area contributed by atoms with Crippen LogP contribution in [0.2, 0.25) is 0 Å². The van der Waals surface area contributed by atoms with Gasteiger partial charge >= 0.3 is 5.97 Å². The Kier molecular flexibility index (Phi) is 11.2. The number of carbonyl (C=O) groups excluding carboxylic acids is 3. The summed E-state index contributed by atoms with van der Waals surface area (Å²) in [5.41, 5.74) is 6.29. The van der Waals surface area contributed by atoms with Gasteiger partial charge in [0.1, 0.15) is 18.1 Å². The monoisotopic (exact) mass is 470 g/mol. The predicted molar refractivity (Wildman–Crippen MR) is 122 cm³/mol. The summed E-state index contributed by atoms with van der Waals surface area (Å²) in [5.74, 6) is -3.12. The Morgan fingerprint density at radius 3 is 2.16 bits per heavy atom. The largest absolute Gasteiger partial charge is 0.480 e. The summed E-state index contributed by atoms with van der Waals surface area (Å²) in [6.45, 7) is 7.15. The van der Waals surface area contributed by atoms with Crippen LogP contribution in [0.1, 0.15) is 39.8 Å². The highest BCUT2D eigenvalue weighted by molar-refractivity contribution is 7.80. The normalized spacial score (nSPS) is 15.0. The summed E-state index contributed by atoms with van der Waals surface area (Å²) < 4.78 is 0. The van der Waals surface area contributed by atoms with E-state index >= 15 is 0 Å². The first-order chi connectivity index (χ1) is 15.0. The number of amides is 3. The molecule has 32 heavy (non-hydrogen) atoms. The molecule has 0 aliphatic heterocycles. The van der Waals surface area contributed by atoms with Crippen molar-refractivity contribution < 1.29 is 24.3 Å². The number of nitrogens with zero attached hydrogens (tertiary/aromatic N) is 1. The van der Waals surface area contributed by atoms with Gasteiger partial charge in [-0.1, -0.05) is 27.7 Å². The first kappa shape index (κ1) is 27.4. The lowest BCUT2D eigenvalue weighted by Gasteiger charge is -2.27. The summed E-state index contributed by atoms with van der Waals surface area (Å²) in [4.78, 5) is 56.4. The number of hydrogen-bond acceptors (Lipinski definition) is 7. The van der Waals surface area contributed by atoms with E-state index in [9.17, 15) is 24.3 Å². The van der Waals surface area contributed by atoms with Gasteiger partial charge in [0, 0.05) is 24.1 Å². The quantitative estimate of drug-likeness (QED) is 0.189. The second kappa shape index (κ2) is 13.1. The van der Waals surface area contributed by atoms with Crippen molar-refractivity contribution in [1.29, 1.82) is 0 Å². The molecule has 3 amide bonds. The van der Waals surface area contributed by atoms with Crippen molar-refractivity contribution in [3.8, 4) is 0 Å². The second-order valence-corrected chi connectivity index (χ2v) is 8.76. The van der Waals surface area contributed by atoms with Crippen molar-refractivity contribution >= 4 is 36.3 Å². The lowest BCUT2D eigenvalue weighted by atomic mass is 9.99. The summed E-state index contributed by atoms with van der Waals surface area (Å²) >= 11 is 4.00. The van der Waals surface area contributed by atoms with Crippen molar-refractivity contribution in [3.05, 3.63) is 18.2 Å². The number of nitrogens with two attached hydrogens (primary N) is 1. The minimum atomic E-state index is -1.15. The third-order valence-corrected chi connectivity index (χ3v) is 5.11. The van der Waals surface area contributed by atoms with Crippen LogP contribution in [-0.4, -0.2) is 68.7 Å². The number of nitrogens with one attached hydrogen (secondary N) is 4. The van der Waals surface area contributed by atoms with E-state index in [0.717, 1.165) is 0 Å². The lowest BCUT2D eigenvalue weighted by Crippen LogP contribution is -2.59. The number of carboxylic acid groups (broad SMARTS) is 1. The topological polar surface area (TPSA) is 179 Å². The van der Waals surface area contributed by atoms with E-state index in [1.54, 1.807) is 13.8 Å². The summed E-state index contributed by atoms with van der Waals surface area (Å²) in [6, 6.07) is -4.02. The van der Waals surface area contributed by atoms with Gasteiger partial charge in [0.2, 0.25) is 17.7 Å². The van der Waals surface area contributed by atoms with Crippen LogP contribution in [0.25, 0.3) is 0 Å². The zero-order chi connectivity index (χ0) is 24.4. The number of carbonyl (C=O) groups is 4. The molecule has 0 spiro atoms. The molecule has 0 fully saturated rings. The minimum Gasteiger partial charge on any atom is -0.480 e. The summed E-state index contributed by atoms with van der Waals surface area (Å²) in [7, 11) is 0. The molecule has 0 radical (unpaired) electrons. The fourth-order valence-corrected chi connectivity index (χ4v) is 3.10. The van der Waals surface area contributed by atoms with Gasteiger partial charge in [-0.3, -0.25) is 14.4 Å². The molecule has 0 bridgehead atoms.